The first kappa shape index (κ1) is 24.9. The van der Waals surface area contributed by atoms with Crippen molar-refractivity contribution >= 4 is 23.5 Å². The Bertz CT molecular complexity index is 1060. The van der Waals surface area contributed by atoms with Crippen molar-refractivity contribution in [1.29, 1.82) is 0 Å². The van der Waals surface area contributed by atoms with E-state index in [4.69, 9.17) is 14.6 Å². The van der Waals surface area contributed by atoms with Gasteiger partial charge in [-0.25, -0.2) is 9.97 Å². The monoisotopic (exact) mass is 483 g/mol. The van der Waals surface area contributed by atoms with Crippen LogP contribution in [-0.2, 0) is 19.1 Å². The summed E-state index contributed by atoms with van der Waals surface area (Å²) in [4.78, 5) is 34.6. The summed E-state index contributed by atoms with van der Waals surface area (Å²) in [6, 6.07) is 9.57. The predicted octanol–water partition coefficient (Wildman–Crippen LogP) is 2.16. The van der Waals surface area contributed by atoms with Crippen molar-refractivity contribution in [2.45, 2.75) is 51.0 Å². The lowest BCUT2D eigenvalue weighted by Crippen LogP contribution is -2.45. The quantitative estimate of drug-likeness (QED) is 0.492. The number of rotatable bonds is 9. The molecule has 1 aromatic heterocycles. The van der Waals surface area contributed by atoms with E-state index in [-0.39, 0.29) is 43.0 Å². The maximum absolute atomic E-state index is 12.5. The van der Waals surface area contributed by atoms with Crippen LogP contribution in [0.1, 0.15) is 26.7 Å². The Kier molecular flexibility index (Phi) is 7.23. The Morgan fingerprint density at radius 2 is 1.71 bits per heavy atom. The molecule has 188 valence electrons. The summed E-state index contributed by atoms with van der Waals surface area (Å²) in [6.45, 7) is 4.27. The minimum Gasteiger partial charge on any atom is -0.481 e. The highest BCUT2D eigenvalue weighted by molar-refractivity contribution is 5.78. The van der Waals surface area contributed by atoms with Gasteiger partial charge in [0.2, 0.25) is 11.9 Å². The highest BCUT2D eigenvalue weighted by Gasteiger charge is 2.48. The summed E-state index contributed by atoms with van der Waals surface area (Å²) in [5.41, 5.74) is 2.28. The largest absolute Gasteiger partial charge is 0.481 e. The number of carboxylic acids is 1. The molecule has 2 aliphatic heterocycles. The topological polar surface area (TPSA) is 126 Å². The number of nitrogens with zero attached hydrogens (tertiary/aromatic N) is 3. The Hall–Kier alpha value is -3.24. The molecule has 3 N–H and O–H groups in total. The lowest BCUT2D eigenvalue weighted by Gasteiger charge is -2.24. The fourth-order valence-electron chi connectivity index (χ4n) is 4.60. The zero-order valence-corrected chi connectivity index (χ0v) is 20.5. The van der Waals surface area contributed by atoms with Gasteiger partial charge in [0.1, 0.15) is 12.2 Å². The Balaban J connectivity index is 1.35. The van der Waals surface area contributed by atoms with Gasteiger partial charge in [0, 0.05) is 38.0 Å². The molecule has 1 aromatic carbocycles. The predicted molar refractivity (Wildman–Crippen MR) is 131 cm³/mol. The van der Waals surface area contributed by atoms with Gasteiger partial charge in [0.05, 0.1) is 37.4 Å². The SMILES string of the molecule is CN(C)c1ccc(-c2ccnc(NC3COC4C(NC(=O)CC(C)(C)CC(=O)O)COC34)n2)cc1. The second-order valence-corrected chi connectivity index (χ2v) is 10.1. The van der Waals surface area contributed by atoms with Gasteiger partial charge >= 0.3 is 5.97 Å². The third-order valence-corrected chi connectivity index (χ3v) is 6.32. The molecule has 0 radical (unpaired) electrons. The van der Waals surface area contributed by atoms with Gasteiger partial charge in [-0.1, -0.05) is 26.0 Å². The van der Waals surface area contributed by atoms with Crippen LogP contribution in [0.15, 0.2) is 36.5 Å². The number of benzene rings is 1. The number of fused-ring (bicyclic) bond motifs is 1. The van der Waals surface area contributed by atoms with E-state index in [0.717, 1.165) is 16.9 Å². The van der Waals surface area contributed by atoms with Crippen molar-refractivity contribution in [2.24, 2.45) is 5.41 Å². The molecule has 0 saturated carbocycles. The third kappa shape index (κ3) is 6.07. The Morgan fingerprint density at radius 1 is 1.06 bits per heavy atom. The maximum atomic E-state index is 12.5. The molecule has 10 nitrogen and oxygen atoms in total. The van der Waals surface area contributed by atoms with Crippen LogP contribution in [0.2, 0.25) is 0 Å². The third-order valence-electron chi connectivity index (χ3n) is 6.32. The molecule has 2 aromatic rings. The smallest absolute Gasteiger partial charge is 0.303 e. The molecule has 4 atom stereocenters. The maximum Gasteiger partial charge on any atom is 0.303 e. The summed E-state index contributed by atoms with van der Waals surface area (Å²) >= 11 is 0. The highest BCUT2D eigenvalue weighted by atomic mass is 16.6. The standard InChI is InChI=1S/C25H33N5O5/c1-25(2,12-21(32)33)11-20(31)27-18-13-34-23-19(14-35-22(18)23)29-24-26-10-9-17(28-24)15-5-7-16(8-6-15)30(3)4/h5-10,18-19,22-23H,11-14H2,1-4H3,(H,27,31)(H,32,33)(H,26,28,29). The van der Waals surface area contributed by atoms with E-state index < -0.39 is 11.4 Å². The van der Waals surface area contributed by atoms with Crippen LogP contribution in [-0.4, -0.2) is 78.6 Å². The van der Waals surface area contributed by atoms with E-state index in [0.29, 0.717) is 19.2 Å². The Labute approximate surface area is 205 Å². The van der Waals surface area contributed by atoms with Crippen LogP contribution < -0.4 is 15.5 Å². The summed E-state index contributed by atoms with van der Waals surface area (Å²) in [7, 11) is 4.00. The van der Waals surface area contributed by atoms with Gasteiger partial charge < -0.3 is 30.1 Å². The minimum absolute atomic E-state index is 0.0744. The van der Waals surface area contributed by atoms with Crippen LogP contribution in [0.4, 0.5) is 11.6 Å². The van der Waals surface area contributed by atoms with Crippen LogP contribution >= 0.6 is 0 Å². The molecule has 0 aliphatic carbocycles. The Morgan fingerprint density at radius 3 is 2.37 bits per heavy atom. The van der Waals surface area contributed by atoms with Crippen LogP contribution in [0.25, 0.3) is 11.3 Å². The number of carboxylic acid groups (broad SMARTS) is 1. The summed E-state index contributed by atoms with van der Waals surface area (Å²) in [5, 5.41) is 15.3. The summed E-state index contributed by atoms with van der Waals surface area (Å²) < 4.78 is 11.9. The minimum atomic E-state index is -0.919. The van der Waals surface area contributed by atoms with Gasteiger partial charge in [-0.2, -0.15) is 0 Å². The van der Waals surface area contributed by atoms with Crippen molar-refractivity contribution in [3.63, 3.8) is 0 Å². The summed E-state index contributed by atoms with van der Waals surface area (Å²) in [6.07, 6.45) is 1.22. The van der Waals surface area contributed by atoms with E-state index in [2.05, 4.69) is 20.6 Å². The van der Waals surface area contributed by atoms with Gasteiger partial charge in [-0.05, 0) is 23.6 Å². The van der Waals surface area contributed by atoms with Gasteiger partial charge in [-0.15, -0.1) is 0 Å². The number of carbonyl (C=O) groups is 2. The van der Waals surface area contributed by atoms with Gasteiger partial charge in [0.15, 0.2) is 0 Å². The van der Waals surface area contributed by atoms with Crippen LogP contribution in [0.3, 0.4) is 0 Å². The number of hydrogen-bond donors (Lipinski definition) is 3. The molecule has 2 aliphatic rings. The summed E-state index contributed by atoms with van der Waals surface area (Å²) in [5.74, 6) is -0.640. The zero-order valence-electron chi connectivity index (χ0n) is 20.5. The molecule has 0 spiro atoms. The average Bonchev–Trinajstić information content (AvgIpc) is 3.36. The molecular weight excluding hydrogens is 450 g/mol. The number of ether oxygens (including phenoxy) is 2. The fraction of sp³-hybridized carbons (Fsp3) is 0.520. The number of nitrogens with one attached hydrogen (secondary N) is 2. The van der Waals surface area contributed by atoms with Crippen LogP contribution in [0.5, 0.6) is 0 Å². The lowest BCUT2D eigenvalue weighted by molar-refractivity contribution is -0.139. The molecule has 2 fully saturated rings. The number of hydrogen-bond acceptors (Lipinski definition) is 8. The molecule has 4 unspecified atom stereocenters. The molecule has 1 amide bonds. The second kappa shape index (κ2) is 10.2. The molecule has 10 heteroatoms. The van der Waals surface area contributed by atoms with E-state index in [1.165, 1.54) is 0 Å². The second-order valence-electron chi connectivity index (χ2n) is 10.1. The molecule has 2 saturated heterocycles. The first-order chi connectivity index (χ1) is 16.6. The average molecular weight is 484 g/mol. The van der Waals surface area contributed by atoms with Crippen molar-refractivity contribution in [3.8, 4) is 11.3 Å². The molecule has 0 bridgehead atoms. The van der Waals surface area contributed by atoms with Gasteiger partial charge in [-0.3, -0.25) is 9.59 Å². The fourth-order valence-corrected chi connectivity index (χ4v) is 4.60. The van der Waals surface area contributed by atoms with E-state index in [9.17, 15) is 9.59 Å². The zero-order chi connectivity index (χ0) is 25.2. The highest BCUT2D eigenvalue weighted by Crippen LogP contribution is 2.30. The number of aromatic nitrogens is 2. The van der Waals surface area contributed by atoms with Crippen LogP contribution in [0, 0.1) is 5.41 Å². The molecule has 4 rings (SSSR count). The van der Waals surface area contributed by atoms with E-state index >= 15 is 0 Å². The number of carbonyl (C=O) groups excluding carboxylic acids is 1. The first-order valence-electron chi connectivity index (χ1n) is 11.7. The molecule has 3 heterocycles. The van der Waals surface area contributed by atoms with Crippen molar-refractivity contribution in [3.05, 3.63) is 36.5 Å². The number of anilines is 2. The number of amides is 1. The molecule has 35 heavy (non-hydrogen) atoms. The van der Waals surface area contributed by atoms with E-state index in [1.54, 1.807) is 20.0 Å². The lowest BCUT2D eigenvalue weighted by atomic mass is 9.85. The van der Waals surface area contributed by atoms with E-state index in [1.807, 2.05) is 49.3 Å². The normalized spacial score (nSPS) is 23.5. The van der Waals surface area contributed by atoms with Gasteiger partial charge in [0.25, 0.3) is 0 Å². The van der Waals surface area contributed by atoms with Crippen molar-refractivity contribution in [2.75, 3.05) is 37.5 Å². The van der Waals surface area contributed by atoms with Crippen molar-refractivity contribution in [1.82, 2.24) is 15.3 Å². The van der Waals surface area contributed by atoms with Crippen molar-refractivity contribution < 1.29 is 24.2 Å². The number of aliphatic carboxylic acids is 1. The first-order valence-corrected chi connectivity index (χ1v) is 11.7. The molecular formula is C25H33N5O5.